The average molecular weight is 477 g/mol. The summed E-state index contributed by atoms with van der Waals surface area (Å²) in [6, 6.07) is 14.0. The second kappa shape index (κ2) is 9.28. The van der Waals surface area contributed by atoms with Crippen molar-refractivity contribution in [3.05, 3.63) is 59.2 Å². The van der Waals surface area contributed by atoms with Crippen LogP contribution < -0.4 is 10.1 Å². The minimum atomic E-state index is -0.492. The number of carbonyl (C=O) groups is 2. The molecule has 6 rings (SSSR count). The van der Waals surface area contributed by atoms with Crippen molar-refractivity contribution in [1.29, 1.82) is 0 Å². The molecule has 0 bridgehead atoms. The molecule has 0 aromatic heterocycles. The first-order chi connectivity index (χ1) is 17.1. The van der Waals surface area contributed by atoms with Crippen molar-refractivity contribution in [2.45, 2.75) is 69.3 Å². The maximum atomic E-state index is 13.2. The van der Waals surface area contributed by atoms with Gasteiger partial charge in [-0.3, -0.25) is 9.59 Å². The van der Waals surface area contributed by atoms with E-state index in [1.807, 2.05) is 35.2 Å². The number of nitrogens with one attached hydrogen (secondary N) is 1. The van der Waals surface area contributed by atoms with Crippen LogP contribution in [0.1, 0.15) is 54.7 Å². The number of fused-ring (bicyclic) bond motifs is 4. The van der Waals surface area contributed by atoms with E-state index >= 15 is 0 Å². The highest BCUT2D eigenvalue weighted by atomic mass is 16.6. The molecule has 1 saturated carbocycles. The third-order valence-electron chi connectivity index (χ3n) is 7.84. The van der Waals surface area contributed by atoms with Crippen molar-refractivity contribution >= 4 is 17.5 Å². The molecule has 2 aromatic rings. The predicted octanol–water partition coefficient (Wildman–Crippen LogP) is 3.39. The summed E-state index contributed by atoms with van der Waals surface area (Å²) < 4.78 is 12.3. The smallest absolute Gasteiger partial charge is 0.225 e. The van der Waals surface area contributed by atoms with Crippen LogP contribution in [0.5, 0.6) is 5.75 Å². The summed E-state index contributed by atoms with van der Waals surface area (Å²) >= 11 is 0. The van der Waals surface area contributed by atoms with Gasteiger partial charge < -0.3 is 24.8 Å². The molecule has 2 amide bonds. The van der Waals surface area contributed by atoms with E-state index in [9.17, 15) is 14.7 Å². The zero-order valence-electron chi connectivity index (χ0n) is 19.8. The van der Waals surface area contributed by atoms with Gasteiger partial charge in [0.15, 0.2) is 0 Å². The number of anilines is 1. The van der Waals surface area contributed by atoms with E-state index in [0.29, 0.717) is 31.8 Å². The minimum absolute atomic E-state index is 0.0102. The quantitative estimate of drug-likeness (QED) is 0.667. The van der Waals surface area contributed by atoms with Gasteiger partial charge in [0.05, 0.1) is 19.1 Å². The van der Waals surface area contributed by atoms with Crippen LogP contribution in [-0.4, -0.2) is 53.3 Å². The number of aliphatic hydroxyl groups is 1. The molecule has 4 atom stereocenters. The predicted molar refractivity (Wildman–Crippen MR) is 130 cm³/mol. The Morgan fingerprint density at radius 3 is 2.71 bits per heavy atom. The van der Waals surface area contributed by atoms with Gasteiger partial charge in [-0.25, -0.2) is 0 Å². The first-order valence-electron chi connectivity index (χ1n) is 12.8. The lowest BCUT2D eigenvalue weighted by Gasteiger charge is -2.38. The van der Waals surface area contributed by atoms with E-state index in [1.54, 1.807) is 0 Å². The summed E-state index contributed by atoms with van der Waals surface area (Å²) in [7, 11) is 0. The first kappa shape index (κ1) is 22.6. The number of nitrogens with zero attached hydrogens (tertiary/aromatic N) is 1. The van der Waals surface area contributed by atoms with Crippen LogP contribution in [0.2, 0.25) is 0 Å². The molecule has 2 fully saturated rings. The highest BCUT2D eigenvalue weighted by Gasteiger charge is 2.46. The zero-order valence-corrected chi connectivity index (χ0v) is 19.8. The van der Waals surface area contributed by atoms with Crippen LogP contribution in [0.4, 0.5) is 5.69 Å². The van der Waals surface area contributed by atoms with Crippen molar-refractivity contribution in [3.63, 3.8) is 0 Å². The van der Waals surface area contributed by atoms with E-state index in [4.69, 9.17) is 9.47 Å². The molecule has 4 aliphatic rings. The first-order valence-corrected chi connectivity index (χ1v) is 12.8. The summed E-state index contributed by atoms with van der Waals surface area (Å²) in [6.45, 7) is 1.18. The molecule has 1 saturated heterocycles. The van der Waals surface area contributed by atoms with Gasteiger partial charge in [-0.2, -0.15) is 0 Å². The fraction of sp³-hybridized carbons (Fsp3) is 0.500. The Labute approximate surface area is 205 Å². The number of benzene rings is 2. The molecule has 7 heteroatoms. The fourth-order valence-corrected chi connectivity index (χ4v) is 5.80. The number of carbonyl (C=O) groups excluding carboxylic acids is 2. The largest absolute Gasteiger partial charge is 0.487 e. The molecule has 0 unspecified atom stereocenters. The van der Waals surface area contributed by atoms with Gasteiger partial charge >= 0.3 is 0 Å². The average Bonchev–Trinajstić information content (AvgIpc) is 3.61. The molecule has 3 heterocycles. The monoisotopic (exact) mass is 476 g/mol. The highest BCUT2D eigenvalue weighted by molar-refractivity contribution is 5.91. The van der Waals surface area contributed by atoms with E-state index in [1.165, 1.54) is 11.1 Å². The van der Waals surface area contributed by atoms with Gasteiger partial charge in [-0.15, -0.1) is 0 Å². The number of rotatable bonds is 6. The summed E-state index contributed by atoms with van der Waals surface area (Å²) in [6.07, 6.45) is 3.58. The number of amides is 2. The van der Waals surface area contributed by atoms with Crippen molar-refractivity contribution < 1.29 is 24.2 Å². The van der Waals surface area contributed by atoms with Crippen LogP contribution in [0, 0.1) is 5.92 Å². The molecule has 1 aliphatic carbocycles. The highest BCUT2D eigenvalue weighted by Crippen LogP contribution is 2.47. The maximum Gasteiger partial charge on any atom is 0.225 e. The molecular weight excluding hydrogens is 444 g/mol. The Balaban J connectivity index is 1.14. The minimum Gasteiger partial charge on any atom is -0.487 e. The van der Waals surface area contributed by atoms with E-state index in [-0.39, 0.29) is 43.0 Å². The summed E-state index contributed by atoms with van der Waals surface area (Å²) in [5.41, 5.74) is 4.31. The van der Waals surface area contributed by atoms with Crippen LogP contribution in [0.25, 0.3) is 0 Å². The standard InChI is InChI=1S/C28H32N2O5/c31-16-25-28-23(22-12-20(7-8-24(22)35-28)29-26(32)11-17-5-6-17)13-21(34-25)14-27(33)30-10-9-18-3-1-2-4-19(18)15-30/h1-4,7-8,12,17,21,23,25,28,31H,5-6,9-11,13-16H2,(H,29,32)/t21-,23-,25-,28+/m0/s1. The van der Waals surface area contributed by atoms with E-state index in [2.05, 4.69) is 17.4 Å². The van der Waals surface area contributed by atoms with Gasteiger partial charge in [0.2, 0.25) is 11.8 Å². The third-order valence-corrected chi connectivity index (χ3v) is 7.84. The Bertz CT molecular complexity index is 1130. The van der Waals surface area contributed by atoms with E-state index < -0.39 is 6.10 Å². The van der Waals surface area contributed by atoms with Gasteiger partial charge in [0.1, 0.15) is 18.0 Å². The molecule has 0 radical (unpaired) electrons. The molecule has 35 heavy (non-hydrogen) atoms. The molecular formula is C28H32N2O5. The summed E-state index contributed by atoms with van der Waals surface area (Å²) in [4.78, 5) is 27.4. The van der Waals surface area contributed by atoms with Crippen molar-refractivity contribution in [3.8, 4) is 5.75 Å². The Morgan fingerprint density at radius 1 is 1.09 bits per heavy atom. The molecule has 2 aromatic carbocycles. The van der Waals surface area contributed by atoms with Crippen LogP contribution in [0.15, 0.2) is 42.5 Å². The van der Waals surface area contributed by atoms with Gasteiger partial charge in [-0.05, 0) is 60.9 Å². The van der Waals surface area contributed by atoms with Gasteiger partial charge in [0.25, 0.3) is 0 Å². The molecule has 0 spiro atoms. The number of hydrogen-bond donors (Lipinski definition) is 2. The number of aliphatic hydroxyl groups excluding tert-OH is 1. The van der Waals surface area contributed by atoms with Crippen LogP contribution in [0.3, 0.4) is 0 Å². The van der Waals surface area contributed by atoms with Crippen molar-refractivity contribution in [1.82, 2.24) is 4.90 Å². The zero-order chi connectivity index (χ0) is 23.9. The Morgan fingerprint density at radius 2 is 1.91 bits per heavy atom. The van der Waals surface area contributed by atoms with Crippen LogP contribution in [-0.2, 0) is 27.3 Å². The van der Waals surface area contributed by atoms with Gasteiger partial charge in [-0.1, -0.05) is 24.3 Å². The maximum absolute atomic E-state index is 13.2. The van der Waals surface area contributed by atoms with Crippen molar-refractivity contribution in [2.24, 2.45) is 5.92 Å². The normalized spacial score (nSPS) is 26.8. The number of hydrogen-bond acceptors (Lipinski definition) is 5. The lowest BCUT2D eigenvalue weighted by atomic mass is 9.84. The second-order valence-corrected chi connectivity index (χ2v) is 10.4. The summed E-state index contributed by atoms with van der Waals surface area (Å²) in [5.74, 6) is 1.44. The lowest BCUT2D eigenvalue weighted by molar-refractivity contribution is -0.149. The van der Waals surface area contributed by atoms with Gasteiger partial charge in [0, 0.05) is 36.7 Å². The Kier molecular flexibility index (Phi) is 5.98. The summed E-state index contributed by atoms with van der Waals surface area (Å²) in [5, 5.41) is 13.1. The molecule has 3 aliphatic heterocycles. The SMILES string of the molecule is O=C(CC1CC1)Nc1ccc2c(c1)[C@@H]1C[C@@H](CC(=O)N3CCc4ccccc4C3)O[C@@H](CO)[C@@H]1O2. The lowest BCUT2D eigenvalue weighted by Crippen LogP contribution is -2.48. The topological polar surface area (TPSA) is 88.1 Å². The van der Waals surface area contributed by atoms with Crippen LogP contribution >= 0.6 is 0 Å². The fourth-order valence-electron chi connectivity index (χ4n) is 5.80. The third kappa shape index (κ3) is 4.67. The molecule has 7 nitrogen and oxygen atoms in total. The molecule has 184 valence electrons. The Hall–Kier alpha value is -2.90. The second-order valence-electron chi connectivity index (χ2n) is 10.4. The van der Waals surface area contributed by atoms with Crippen molar-refractivity contribution in [2.75, 3.05) is 18.5 Å². The number of ether oxygens (including phenoxy) is 2. The van der Waals surface area contributed by atoms with E-state index in [0.717, 1.165) is 36.3 Å². The molecule has 2 N–H and O–H groups in total.